The lowest BCUT2D eigenvalue weighted by Crippen LogP contribution is -2.39. The molecule has 1 fully saturated rings. The van der Waals surface area contributed by atoms with E-state index < -0.39 is 12.0 Å². The van der Waals surface area contributed by atoms with Crippen molar-refractivity contribution in [3.05, 3.63) is 42.5 Å². The smallest absolute Gasteiger partial charge is 0.322 e. The number of aliphatic carboxylic acids is 1. The number of benzene rings is 2. The number of fused-ring (bicyclic) bond motifs is 1. The predicted octanol–water partition coefficient (Wildman–Crippen LogP) is 3.14. The molecule has 0 saturated carbocycles. The number of halogens is 1. The highest BCUT2D eigenvalue weighted by Gasteiger charge is 2.30. The van der Waals surface area contributed by atoms with E-state index in [1.807, 2.05) is 35.3 Å². The quantitative estimate of drug-likeness (QED) is 0.912. The van der Waals surface area contributed by atoms with E-state index in [0.29, 0.717) is 6.42 Å². The molecule has 2 aromatic carbocycles. The van der Waals surface area contributed by atoms with Gasteiger partial charge in [0.15, 0.2) is 0 Å². The molecule has 0 radical (unpaired) electrons. The van der Waals surface area contributed by atoms with Gasteiger partial charge in [-0.1, -0.05) is 30.3 Å². The molecule has 2 aromatic rings. The molecule has 20 heavy (non-hydrogen) atoms. The molecular weight excluding hydrogens is 276 g/mol. The average molecular weight is 293 g/mol. The van der Waals surface area contributed by atoms with Gasteiger partial charge >= 0.3 is 5.97 Å². The molecule has 0 unspecified atom stereocenters. The molecule has 4 nitrogen and oxygen atoms in total. The zero-order chi connectivity index (χ0) is 13.2. The van der Waals surface area contributed by atoms with Crippen LogP contribution >= 0.6 is 12.4 Å². The Balaban J connectivity index is 0.00000147. The Morgan fingerprint density at radius 2 is 1.95 bits per heavy atom. The normalized spacial score (nSPS) is 18.7. The van der Waals surface area contributed by atoms with E-state index in [1.165, 1.54) is 5.39 Å². The number of hydrazine groups is 1. The maximum Gasteiger partial charge on any atom is 0.322 e. The minimum absolute atomic E-state index is 0. The Hall–Kier alpha value is -1.78. The van der Waals surface area contributed by atoms with Crippen molar-refractivity contribution in [2.75, 3.05) is 12.0 Å². The molecule has 1 heterocycles. The van der Waals surface area contributed by atoms with Gasteiger partial charge in [-0.3, -0.25) is 4.79 Å². The fourth-order valence-corrected chi connectivity index (χ4v) is 2.58. The molecule has 106 valence electrons. The van der Waals surface area contributed by atoms with E-state index in [4.69, 9.17) is 5.11 Å². The van der Waals surface area contributed by atoms with Crippen LogP contribution in [0.25, 0.3) is 10.8 Å². The van der Waals surface area contributed by atoms with Gasteiger partial charge in [-0.05, 0) is 35.7 Å². The van der Waals surface area contributed by atoms with Crippen LogP contribution in [0.1, 0.15) is 12.8 Å². The maximum atomic E-state index is 11.1. The van der Waals surface area contributed by atoms with Crippen LogP contribution in [0.2, 0.25) is 0 Å². The third-order valence-electron chi connectivity index (χ3n) is 3.56. The second-order valence-corrected chi connectivity index (χ2v) is 4.86. The van der Waals surface area contributed by atoms with Gasteiger partial charge < -0.3 is 10.5 Å². The van der Waals surface area contributed by atoms with Gasteiger partial charge in [0.1, 0.15) is 6.04 Å². The van der Waals surface area contributed by atoms with Gasteiger partial charge in [-0.25, -0.2) is 5.01 Å². The van der Waals surface area contributed by atoms with Crippen molar-refractivity contribution in [3.8, 4) is 0 Å². The molecule has 1 atom stereocenters. The molecule has 2 N–H and O–H groups in total. The van der Waals surface area contributed by atoms with Crippen LogP contribution in [-0.2, 0) is 4.79 Å². The molecular formula is C15H17ClN2O2. The zero-order valence-electron chi connectivity index (χ0n) is 11.0. The van der Waals surface area contributed by atoms with Gasteiger partial charge in [-0.2, -0.15) is 0 Å². The highest BCUT2D eigenvalue weighted by molar-refractivity contribution is 5.86. The molecule has 0 amide bonds. The van der Waals surface area contributed by atoms with Crippen molar-refractivity contribution in [1.82, 2.24) is 5.01 Å². The molecule has 5 heteroatoms. The summed E-state index contributed by atoms with van der Waals surface area (Å²) in [4.78, 5) is 11.1. The number of carboxylic acids is 1. The first-order valence-electron chi connectivity index (χ1n) is 6.49. The summed E-state index contributed by atoms with van der Waals surface area (Å²) >= 11 is 0. The second-order valence-electron chi connectivity index (χ2n) is 4.86. The molecule has 0 aliphatic carbocycles. The van der Waals surface area contributed by atoms with Gasteiger partial charge in [0, 0.05) is 12.2 Å². The fraction of sp³-hybridized carbons (Fsp3) is 0.267. The summed E-state index contributed by atoms with van der Waals surface area (Å²) in [5.41, 5.74) is 4.15. The molecule has 0 aromatic heterocycles. The fourth-order valence-electron chi connectivity index (χ4n) is 2.58. The lowest BCUT2D eigenvalue weighted by molar-refractivity contribution is -0.141. The molecule has 3 rings (SSSR count). The van der Waals surface area contributed by atoms with E-state index in [2.05, 4.69) is 17.6 Å². The van der Waals surface area contributed by atoms with Crippen LogP contribution in [0.5, 0.6) is 0 Å². The van der Waals surface area contributed by atoms with E-state index in [9.17, 15) is 4.79 Å². The average Bonchev–Trinajstić information content (AvgIpc) is 2.87. The number of hydrogen-bond donors (Lipinski definition) is 2. The predicted molar refractivity (Wildman–Crippen MR) is 82.2 cm³/mol. The first-order valence-corrected chi connectivity index (χ1v) is 6.49. The lowest BCUT2D eigenvalue weighted by Gasteiger charge is -2.23. The van der Waals surface area contributed by atoms with Crippen LogP contribution < -0.4 is 5.43 Å². The monoisotopic (exact) mass is 292 g/mol. The van der Waals surface area contributed by atoms with Gasteiger partial charge in [0.25, 0.3) is 0 Å². The van der Waals surface area contributed by atoms with E-state index in [1.54, 1.807) is 0 Å². The van der Waals surface area contributed by atoms with Crippen molar-refractivity contribution in [1.29, 1.82) is 0 Å². The maximum absolute atomic E-state index is 11.1. The SMILES string of the molecule is Cl.O=C(O)[C@@H]1CCCN1Nc1ccc2ccccc2c1. The zero-order valence-corrected chi connectivity index (χ0v) is 11.8. The van der Waals surface area contributed by atoms with Crippen molar-refractivity contribution >= 4 is 34.8 Å². The van der Waals surface area contributed by atoms with Crippen molar-refractivity contribution in [2.45, 2.75) is 18.9 Å². The van der Waals surface area contributed by atoms with Crippen LogP contribution in [-0.4, -0.2) is 28.7 Å². The summed E-state index contributed by atoms with van der Waals surface area (Å²) < 4.78 is 0. The highest BCUT2D eigenvalue weighted by Crippen LogP contribution is 2.22. The summed E-state index contributed by atoms with van der Waals surface area (Å²) in [5.74, 6) is -0.759. The number of nitrogens with one attached hydrogen (secondary N) is 1. The summed E-state index contributed by atoms with van der Waals surface area (Å²) in [6.45, 7) is 0.768. The number of rotatable bonds is 3. The highest BCUT2D eigenvalue weighted by atomic mass is 35.5. The standard InChI is InChI=1S/C15H16N2O2.ClH/c18-15(19)14-6-3-9-17(14)16-13-8-7-11-4-1-2-5-12(11)10-13;/h1-2,4-5,7-8,10,14,16H,3,6,9H2,(H,18,19);1H/t14-;/m0./s1. The van der Waals surface area contributed by atoms with Crippen molar-refractivity contribution < 1.29 is 9.90 Å². The number of nitrogens with zero attached hydrogens (tertiary/aromatic N) is 1. The lowest BCUT2D eigenvalue weighted by atomic mass is 10.1. The van der Waals surface area contributed by atoms with Crippen molar-refractivity contribution in [3.63, 3.8) is 0 Å². The van der Waals surface area contributed by atoms with Gasteiger partial charge in [-0.15, -0.1) is 12.4 Å². The van der Waals surface area contributed by atoms with Crippen LogP contribution in [0.3, 0.4) is 0 Å². The molecule has 0 bridgehead atoms. The molecule has 1 aliphatic heterocycles. The minimum Gasteiger partial charge on any atom is -0.480 e. The Kier molecular flexibility index (Phi) is 4.47. The number of hydrogen-bond acceptors (Lipinski definition) is 3. The summed E-state index contributed by atoms with van der Waals surface area (Å²) in [7, 11) is 0. The summed E-state index contributed by atoms with van der Waals surface area (Å²) in [5, 5.41) is 13.3. The largest absolute Gasteiger partial charge is 0.480 e. The third kappa shape index (κ3) is 2.86. The second kappa shape index (κ2) is 6.11. The first kappa shape index (κ1) is 14.6. The summed E-state index contributed by atoms with van der Waals surface area (Å²) in [6.07, 6.45) is 1.62. The van der Waals surface area contributed by atoms with Gasteiger partial charge in [0.05, 0.1) is 0 Å². The van der Waals surface area contributed by atoms with Crippen molar-refractivity contribution in [2.24, 2.45) is 0 Å². The minimum atomic E-state index is -0.759. The van der Waals surface area contributed by atoms with E-state index >= 15 is 0 Å². The number of carboxylic acid groups (broad SMARTS) is 1. The molecule has 1 aliphatic rings. The Bertz CT molecular complexity index is 618. The molecule has 1 saturated heterocycles. The summed E-state index contributed by atoms with van der Waals surface area (Å²) in [6, 6.07) is 13.8. The van der Waals surface area contributed by atoms with Gasteiger partial charge in [0.2, 0.25) is 0 Å². The Morgan fingerprint density at radius 1 is 1.20 bits per heavy atom. The number of anilines is 1. The van der Waals surface area contributed by atoms with Crippen LogP contribution in [0.15, 0.2) is 42.5 Å². The van der Waals surface area contributed by atoms with Crippen LogP contribution in [0.4, 0.5) is 5.69 Å². The van der Waals surface area contributed by atoms with Crippen LogP contribution in [0, 0.1) is 0 Å². The topological polar surface area (TPSA) is 52.6 Å². The Morgan fingerprint density at radius 3 is 2.70 bits per heavy atom. The Labute approximate surface area is 123 Å². The first-order chi connectivity index (χ1) is 9.24. The van der Waals surface area contributed by atoms with E-state index in [0.717, 1.165) is 24.0 Å². The van der Waals surface area contributed by atoms with E-state index in [-0.39, 0.29) is 12.4 Å². The third-order valence-corrected chi connectivity index (χ3v) is 3.56. The molecule has 0 spiro atoms. The number of carbonyl (C=O) groups is 1.